The minimum absolute atomic E-state index is 0.0566. The monoisotopic (exact) mass is 196 g/mol. The molecule has 0 aliphatic heterocycles. The molecular formula is C10H16N2O2. The molecule has 1 rings (SSSR count). The maximum atomic E-state index is 11.1. The molecule has 14 heavy (non-hydrogen) atoms. The number of aryl methyl sites for hydroxylation is 2. The Morgan fingerprint density at radius 1 is 1.57 bits per heavy atom. The molecule has 78 valence electrons. The Balaban J connectivity index is 3.11. The highest BCUT2D eigenvalue weighted by molar-refractivity contribution is 5.76. The van der Waals surface area contributed by atoms with Gasteiger partial charge in [0.25, 0.3) is 0 Å². The summed E-state index contributed by atoms with van der Waals surface area (Å²) in [6.45, 7) is 5.68. The molecule has 1 aromatic rings. The third-order valence-corrected chi connectivity index (χ3v) is 2.28. The van der Waals surface area contributed by atoms with Crippen LogP contribution in [0.25, 0.3) is 0 Å². The summed E-state index contributed by atoms with van der Waals surface area (Å²) in [7, 11) is 1.80. The highest BCUT2D eigenvalue weighted by atomic mass is 16.4. The summed E-state index contributed by atoms with van der Waals surface area (Å²) >= 11 is 0. The molecule has 4 heteroatoms. The fourth-order valence-corrected chi connectivity index (χ4v) is 1.65. The van der Waals surface area contributed by atoms with Crippen molar-refractivity contribution in [3.05, 3.63) is 17.5 Å². The summed E-state index contributed by atoms with van der Waals surface area (Å²) in [6.07, 6.45) is 1.84. The van der Waals surface area contributed by atoms with Gasteiger partial charge in [0, 0.05) is 13.2 Å². The number of carboxylic acid groups (broad SMARTS) is 1. The quantitative estimate of drug-likeness (QED) is 0.798. The molecule has 0 aromatic carbocycles. The molecule has 0 spiro atoms. The van der Waals surface area contributed by atoms with Crippen LogP contribution in [0.4, 0.5) is 0 Å². The molecule has 0 bridgehead atoms. The van der Waals surface area contributed by atoms with Crippen LogP contribution in [0.5, 0.6) is 0 Å². The number of aliphatic carboxylic acids is 1. The van der Waals surface area contributed by atoms with E-state index in [9.17, 15) is 4.79 Å². The average molecular weight is 196 g/mol. The number of nitrogens with zero attached hydrogens (tertiary/aromatic N) is 2. The van der Waals surface area contributed by atoms with E-state index in [1.54, 1.807) is 11.7 Å². The molecule has 1 atom stereocenters. The molecule has 4 nitrogen and oxygen atoms in total. The lowest BCUT2D eigenvalue weighted by molar-refractivity contribution is -0.140. The van der Waals surface area contributed by atoms with Crippen molar-refractivity contribution in [3.8, 4) is 0 Å². The van der Waals surface area contributed by atoms with Crippen LogP contribution in [-0.2, 0) is 11.8 Å². The zero-order chi connectivity index (χ0) is 10.9. The molecular weight excluding hydrogens is 180 g/mol. The van der Waals surface area contributed by atoms with Gasteiger partial charge in [-0.05, 0) is 18.4 Å². The van der Waals surface area contributed by atoms with Crippen molar-refractivity contribution in [1.29, 1.82) is 0 Å². The third kappa shape index (κ3) is 1.95. The van der Waals surface area contributed by atoms with Gasteiger partial charge in [-0.25, -0.2) is 0 Å². The summed E-state index contributed by atoms with van der Waals surface area (Å²) in [6, 6.07) is 0. The van der Waals surface area contributed by atoms with E-state index in [1.807, 2.05) is 27.0 Å². The van der Waals surface area contributed by atoms with Crippen LogP contribution in [0.1, 0.15) is 31.0 Å². The third-order valence-electron chi connectivity index (χ3n) is 2.28. The Morgan fingerprint density at radius 2 is 2.14 bits per heavy atom. The Morgan fingerprint density at radius 3 is 2.43 bits per heavy atom. The van der Waals surface area contributed by atoms with E-state index in [0.717, 1.165) is 5.56 Å². The van der Waals surface area contributed by atoms with E-state index in [4.69, 9.17) is 5.11 Å². The summed E-state index contributed by atoms with van der Waals surface area (Å²) in [5.74, 6) is -1.25. The molecule has 0 saturated heterocycles. The lowest BCUT2D eigenvalue weighted by Gasteiger charge is -2.14. The number of hydrogen-bond donors (Lipinski definition) is 1. The van der Waals surface area contributed by atoms with Crippen molar-refractivity contribution < 1.29 is 9.90 Å². The molecule has 1 heterocycles. The van der Waals surface area contributed by atoms with Crippen LogP contribution in [0.3, 0.4) is 0 Å². The number of rotatable bonds is 3. The van der Waals surface area contributed by atoms with E-state index in [0.29, 0.717) is 5.69 Å². The predicted octanol–water partition coefficient (Wildman–Crippen LogP) is 1.55. The van der Waals surface area contributed by atoms with Crippen molar-refractivity contribution in [2.24, 2.45) is 13.0 Å². The Labute approximate surface area is 83.5 Å². The van der Waals surface area contributed by atoms with E-state index >= 15 is 0 Å². The second kappa shape index (κ2) is 3.82. The van der Waals surface area contributed by atoms with Gasteiger partial charge in [-0.3, -0.25) is 9.48 Å². The number of aromatic nitrogens is 2. The lowest BCUT2D eigenvalue weighted by atomic mass is 9.91. The van der Waals surface area contributed by atoms with Crippen LogP contribution in [0.15, 0.2) is 6.20 Å². The van der Waals surface area contributed by atoms with Crippen molar-refractivity contribution >= 4 is 5.97 Å². The second-order valence-electron chi connectivity index (χ2n) is 3.93. The molecule has 1 unspecified atom stereocenters. The fourth-order valence-electron chi connectivity index (χ4n) is 1.65. The molecule has 1 N–H and O–H groups in total. The van der Waals surface area contributed by atoms with E-state index in [1.165, 1.54) is 0 Å². The van der Waals surface area contributed by atoms with Crippen LogP contribution in [0, 0.1) is 12.8 Å². The largest absolute Gasteiger partial charge is 0.481 e. The standard InChI is InChI=1S/C10H16N2O2/c1-6(2)8(10(13)14)9-7(3)5-12(4)11-9/h5-6,8H,1-4H3,(H,13,14). The van der Waals surface area contributed by atoms with Crippen LogP contribution >= 0.6 is 0 Å². The Bertz CT molecular complexity index is 342. The van der Waals surface area contributed by atoms with Gasteiger partial charge in [-0.2, -0.15) is 5.10 Å². The topological polar surface area (TPSA) is 55.1 Å². The minimum Gasteiger partial charge on any atom is -0.481 e. The SMILES string of the molecule is Cc1cn(C)nc1C(C(=O)O)C(C)C. The Hall–Kier alpha value is -1.32. The van der Waals surface area contributed by atoms with E-state index in [2.05, 4.69) is 5.10 Å². The number of hydrogen-bond acceptors (Lipinski definition) is 2. The van der Waals surface area contributed by atoms with E-state index < -0.39 is 11.9 Å². The first kappa shape index (κ1) is 10.8. The summed E-state index contributed by atoms with van der Waals surface area (Å²) in [5.41, 5.74) is 1.61. The van der Waals surface area contributed by atoms with Crippen molar-refractivity contribution in [1.82, 2.24) is 9.78 Å². The van der Waals surface area contributed by atoms with Gasteiger partial charge in [0.2, 0.25) is 0 Å². The van der Waals surface area contributed by atoms with Crippen LogP contribution in [0.2, 0.25) is 0 Å². The van der Waals surface area contributed by atoms with E-state index in [-0.39, 0.29) is 5.92 Å². The zero-order valence-corrected chi connectivity index (χ0v) is 8.98. The van der Waals surface area contributed by atoms with Gasteiger partial charge in [-0.15, -0.1) is 0 Å². The van der Waals surface area contributed by atoms with Gasteiger partial charge >= 0.3 is 5.97 Å². The number of carbonyl (C=O) groups is 1. The second-order valence-corrected chi connectivity index (χ2v) is 3.93. The maximum Gasteiger partial charge on any atom is 0.312 e. The first-order valence-electron chi connectivity index (χ1n) is 4.66. The molecule has 0 saturated carbocycles. The minimum atomic E-state index is -0.804. The van der Waals surface area contributed by atoms with Gasteiger partial charge in [0.15, 0.2) is 0 Å². The highest BCUT2D eigenvalue weighted by Gasteiger charge is 2.27. The lowest BCUT2D eigenvalue weighted by Crippen LogP contribution is -2.19. The maximum absolute atomic E-state index is 11.1. The molecule has 1 aromatic heterocycles. The fraction of sp³-hybridized carbons (Fsp3) is 0.600. The normalized spacial score (nSPS) is 13.2. The molecule has 0 fully saturated rings. The van der Waals surface area contributed by atoms with Gasteiger partial charge in [-0.1, -0.05) is 13.8 Å². The summed E-state index contributed by atoms with van der Waals surface area (Å²) in [5, 5.41) is 13.3. The summed E-state index contributed by atoms with van der Waals surface area (Å²) < 4.78 is 1.66. The van der Waals surface area contributed by atoms with Gasteiger partial charge < -0.3 is 5.11 Å². The Kier molecular flexibility index (Phi) is 2.93. The van der Waals surface area contributed by atoms with Crippen LogP contribution in [-0.4, -0.2) is 20.9 Å². The van der Waals surface area contributed by atoms with Crippen molar-refractivity contribution in [2.75, 3.05) is 0 Å². The van der Waals surface area contributed by atoms with Crippen molar-refractivity contribution in [3.63, 3.8) is 0 Å². The highest BCUT2D eigenvalue weighted by Crippen LogP contribution is 2.25. The van der Waals surface area contributed by atoms with Crippen LogP contribution < -0.4 is 0 Å². The van der Waals surface area contributed by atoms with Gasteiger partial charge in [0.1, 0.15) is 5.92 Å². The predicted molar refractivity (Wildman–Crippen MR) is 53.2 cm³/mol. The average Bonchev–Trinajstić information content (AvgIpc) is 2.29. The molecule has 0 aliphatic carbocycles. The summed E-state index contributed by atoms with van der Waals surface area (Å²) in [4.78, 5) is 11.1. The first-order chi connectivity index (χ1) is 6.43. The molecule has 0 radical (unpaired) electrons. The smallest absolute Gasteiger partial charge is 0.312 e. The molecule has 0 aliphatic rings. The first-order valence-corrected chi connectivity index (χ1v) is 4.66. The van der Waals surface area contributed by atoms with Gasteiger partial charge in [0.05, 0.1) is 5.69 Å². The molecule has 0 amide bonds. The van der Waals surface area contributed by atoms with Crippen molar-refractivity contribution in [2.45, 2.75) is 26.7 Å². The number of carboxylic acids is 1. The zero-order valence-electron chi connectivity index (χ0n) is 8.98.